The van der Waals surface area contributed by atoms with Crippen LogP contribution in [0.4, 0.5) is 0 Å². The van der Waals surface area contributed by atoms with Gasteiger partial charge in [-0.2, -0.15) is 5.10 Å². The number of hydrogen-bond acceptors (Lipinski definition) is 3. The minimum atomic E-state index is -0.467. The summed E-state index contributed by atoms with van der Waals surface area (Å²) in [6.07, 6.45) is 7.88. The molecule has 2 aromatic rings. The molecule has 0 spiro atoms. The van der Waals surface area contributed by atoms with Crippen molar-refractivity contribution in [1.82, 2.24) is 10.2 Å². The molecule has 136 valence electrons. The van der Waals surface area contributed by atoms with Crippen LogP contribution in [0.15, 0.2) is 18.3 Å². The lowest BCUT2D eigenvalue weighted by molar-refractivity contribution is 0.105. The van der Waals surface area contributed by atoms with Gasteiger partial charge in [0.25, 0.3) is 0 Å². The van der Waals surface area contributed by atoms with E-state index in [-0.39, 0.29) is 11.2 Å². The SMILES string of the molecule is CCCCCCC(C)(C)c1cc(O)c2c(c1)OC(C)(C)c1cn[nH]c1-2. The van der Waals surface area contributed by atoms with Crippen LogP contribution in [0.3, 0.4) is 0 Å². The fraction of sp³-hybridized carbons (Fsp3) is 0.571. The van der Waals surface area contributed by atoms with Crippen molar-refractivity contribution in [2.24, 2.45) is 0 Å². The Balaban J connectivity index is 1.95. The van der Waals surface area contributed by atoms with Gasteiger partial charge in [0.1, 0.15) is 17.1 Å². The average molecular weight is 342 g/mol. The summed E-state index contributed by atoms with van der Waals surface area (Å²) in [5, 5.41) is 17.9. The van der Waals surface area contributed by atoms with Crippen molar-refractivity contribution >= 4 is 0 Å². The number of H-pyrrole nitrogens is 1. The summed E-state index contributed by atoms with van der Waals surface area (Å²) in [6.45, 7) is 10.8. The number of benzene rings is 1. The van der Waals surface area contributed by atoms with Gasteiger partial charge in [-0.3, -0.25) is 5.10 Å². The van der Waals surface area contributed by atoms with Crippen LogP contribution in [-0.4, -0.2) is 15.3 Å². The number of fused-ring (bicyclic) bond motifs is 3. The van der Waals surface area contributed by atoms with Gasteiger partial charge in [0.05, 0.1) is 17.5 Å². The molecule has 1 aliphatic rings. The van der Waals surface area contributed by atoms with Crippen LogP contribution in [0.25, 0.3) is 11.3 Å². The Morgan fingerprint density at radius 3 is 2.68 bits per heavy atom. The number of aromatic nitrogens is 2. The Bertz CT molecular complexity index is 759. The second kappa shape index (κ2) is 6.40. The van der Waals surface area contributed by atoms with Gasteiger partial charge in [-0.15, -0.1) is 0 Å². The quantitative estimate of drug-likeness (QED) is 0.666. The van der Waals surface area contributed by atoms with Gasteiger partial charge in [0, 0.05) is 5.56 Å². The first-order valence-corrected chi connectivity index (χ1v) is 9.37. The third kappa shape index (κ3) is 3.26. The van der Waals surface area contributed by atoms with E-state index in [1.165, 1.54) is 25.7 Å². The van der Waals surface area contributed by atoms with E-state index in [9.17, 15) is 5.11 Å². The highest BCUT2D eigenvalue weighted by Gasteiger charge is 2.37. The number of phenolic OH excluding ortho intramolecular Hbond substituents is 1. The molecule has 0 unspecified atom stereocenters. The standard InChI is InChI=1S/C21H30N2O2/c1-6-7-8-9-10-20(2,3)14-11-16(24)18-17(12-14)25-21(4,5)15-13-22-23-19(15)18/h11-13,24H,6-10H2,1-5H3,(H,22,23). The minimum absolute atomic E-state index is 0.00200. The molecule has 1 aromatic heterocycles. The molecule has 25 heavy (non-hydrogen) atoms. The zero-order valence-electron chi connectivity index (χ0n) is 16.1. The molecule has 1 aliphatic heterocycles. The Kier molecular flexibility index (Phi) is 4.56. The smallest absolute Gasteiger partial charge is 0.134 e. The van der Waals surface area contributed by atoms with Crippen molar-refractivity contribution < 1.29 is 9.84 Å². The Morgan fingerprint density at radius 2 is 1.96 bits per heavy atom. The predicted octanol–water partition coefficient (Wildman–Crippen LogP) is 5.66. The number of ether oxygens (including phenoxy) is 1. The van der Waals surface area contributed by atoms with E-state index >= 15 is 0 Å². The van der Waals surface area contributed by atoms with Crippen LogP contribution in [0, 0.1) is 0 Å². The lowest BCUT2D eigenvalue weighted by Gasteiger charge is -2.34. The molecule has 0 radical (unpaired) electrons. The largest absolute Gasteiger partial charge is 0.507 e. The topological polar surface area (TPSA) is 58.1 Å². The maximum atomic E-state index is 10.7. The van der Waals surface area contributed by atoms with Crippen LogP contribution in [0.1, 0.15) is 77.8 Å². The fourth-order valence-electron chi connectivity index (χ4n) is 3.72. The van der Waals surface area contributed by atoms with Crippen molar-refractivity contribution in [2.75, 3.05) is 0 Å². The van der Waals surface area contributed by atoms with Crippen LogP contribution >= 0.6 is 0 Å². The number of nitrogens with zero attached hydrogens (tertiary/aromatic N) is 1. The lowest BCUT2D eigenvalue weighted by atomic mass is 9.78. The van der Waals surface area contributed by atoms with E-state index in [4.69, 9.17) is 4.74 Å². The second-order valence-electron chi connectivity index (χ2n) is 8.33. The predicted molar refractivity (Wildman–Crippen MR) is 101 cm³/mol. The number of aromatic amines is 1. The zero-order chi connectivity index (χ0) is 18.2. The van der Waals surface area contributed by atoms with Gasteiger partial charge in [-0.25, -0.2) is 0 Å². The van der Waals surface area contributed by atoms with Gasteiger partial charge in [0.2, 0.25) is 0 Å². The number of aromatic hydroxyl groups is 1. The van der Waals surface area contributed by atoms with Crippen LogP contribution in [0.2, 0.25) is 0 Å². The first kappa shape index (κ1) is 17.8. The average Bonchev–Trinajstić information content (AvgIpc) is 3.01. The van der Waals surface area contributed by atoms with E-state index < -0.39 is 5.60 Å². The number of rotatable bonds is 6. The molecular formula is C21H30N2O2. The number of unbranched alkanes of at least 4 members (excludes halogenated alkanes) is 3. The molecule has 2 heterocycles. The Labute approximate surface area is 150 Å². The summed E-state index contributed by atoms with van der Waals surface area (Å²) in [6, 6.07) is 3.99. The van der Waals surface area contributed by atoms with Crippen molar-refractivity contribution in [1.29, 1.82) is 0 Å². The van der Waals surface area contributed by atoms with E-state index in [2.05, 4.69) is 37.0 Å². The lowest BCUT2D eigenvalue weighted by Crippen LogP contribution is -2.29. The van der Waals surface area contributed by atoms with Crippen LogP contribution in [0.5, 0.6) is 11.5 Å². The molecule has 0 atom stereocenters. The summed E-state index contributed by atoms with van der Waals surface area (Å²) in [4.78, 5) is 0. The third-order valence-electron chi connectivity index (χ3n) is 5.42. The first-order valence-electron chi connectivity index (χ1n) is 9.37. The molecule has 0 fully saturated rings. The zero-order valence-corrected chi connectivity index (χ0v) is 16.1. The maximum Gasteiger partial charge on any atom is 0.134 e. The number of phenols is 1. The van der Waals surface area contributed by atoms with Gasteiger partial charge in [-0.1, -0.05) is 46.5 Å². The fourth-order valence-corrected chi connectivity index (χ4v) is 3.72. The van der Waals surface area contributed by atoms with Crippen molar-refractivity contribution in [3.05, 3.63) is 29.5 Å². The van der Waals surface area contributed by atoms with E-state index in [0.29, 0.717) is 0 Å². The second-order valence-corrected chi connectivity index (χ2v) is 8.33. The normalized spacial score (nSPS) is 15.4. The highest BCUT2D eigenvalue weighted by molar-refractivity contribution is 5.79. The van der Waals surface area contributed by atoms with E-state index in [1.807, 2.05) is 19.9 Å². The van der Waals surface area contributed by atoms with E-state index in [0.717, 1.165) is 34.6 Å². The van der Waals surface area contributed by atoms with Gasteiger partial charge in [0.15, 0.2) is 0 Å². The number of nitrogens with one attached hydrogen (secondary N) is 1. The summed E-state index contributed by atoms with van der Waals surface area (Å²) in [7, 11) is 0. The van der Waals surface area contributed by atoms with Crippen LogP contribution < -0.4 is 4.74 Å². The molecule has 4 heteroatoms. The van der Waals surface area contributed by atoms with Crippen molar-refractivity contribution in [3.8, 4) is 22.8 Å². The van der Waals surface area contributed by atoms with Gasteiger partial charge >= 0.3 is 0 Å². The highest BCUT2D eigenvalue weighted by atomic mass is 16.5. The van der Waals surface area contributed by atoms with Crippen LogP contribution in [-0.2, 0) is 11.0 Å². The monoisotopic (exact) mass is 342 g/mol. The van der Waals surface area contributed by atoms with E-state index in [1.54, 1.807) is 6.20 Å². The van der Waals surface area contributed by atoms with Crippen molar-refractivity contribution in [2.45, 2.75) is 77.7 Å². The van der Waals surface area contributed by atoms with Crippen molar-refractivity contribution in [3.63, 3.8) is 0 Å². The molecule has 0 saturated heterocycles. The summed E-state index contributed by atoms with van der Waals surface area (Å²) in [5.74, 6) is 0.994. The number of hydrogen-bond donors (Lipinski definition) is 2. The summed E-state index contributed by atoms with van der Waals surface area (Å²) < 4.78 is 6.24. The van der Waals surface area contributed by atoms with Gasteiger partial charge in [-0.05, 0) is 43.4 Å². The summed E-state index contributed by atoms with van der Waals surface area (Å²) in [5.41, 5.74) is 3.21. The summed E-state index contributed by atoms with van der Waals surface area (Å²) >= 11 is 0. The first-order chi connectivity index (χ1) is 11.8. The molecular weight excluding hydrogens is 312 g/mol. The maximum absolute atomic E-state index is 10.7. The molecule has 1 aromatic carbocycles. The highest BCUT2D eigenvalue weighted by Crippen LogP contribution is 2.50. The molecule has 0 aliphatic carbocycles. The Morgan fingerprint density at radius 1 is 1.20 bits per heavy atom. The molecule has 0 bridgehead atoms. The van der Waals surface area contributed by atoms with Gasteiger partial charge < -0.3 is 9.84 Å². The Hall–Kier alpha value is -1.97. The molecule has 0 saturated carbocycles. The molecule has 2 N–H and O–H groups in total. The molecule has 3 rings (SSSR count). The molecule has 4 nitrogen and oxygen atoms in total. The minimum Gasteiger partial charge on any atom is -0.507 e. The third-order valence-corrected chi connectivity index (χ3v) is 5.42. The molecule has 0 amide bonds.